The molecule has 0 aromatic heterocycles. The number of hydrogen-bond acceptors (Lipinski definition) is 4. The minimum atomic E-state index is 0.130. The number of Topliss-reactive ketones (excluding diaryl/α,β-unsaturated/α-hetero) is 1. The molecule has 1 N–H and O–H groups in total. The largest absolute Gasteiger partial charge is 0.371 e. The Morgan fingerprint density at radius 3 is 2.48 bits per heavy atom. The number of nitrogens with one attached hydrogen (secondary N) is 1. The lowest BCUT2D eigenvalue weighted by atomic mass is 9.78. The van der Waals surface area contributed by atoms with Gasteiger partial charge in [0, 0.05) is 50.9 Å². The molecule has 1 aromatic carbocycles. The van der Waals surface area contributed by atoms with E-state index in [0.29, 0.717) is 17.6 Å². The molecule has 4 rings (SSSR count). The average molecular weight is 424 g/mol. The lowest BCUT2D eigenvalue weighted by Crippen LogP contribution is -2.47. The summed E-state index contributed by atoms with van der Waals surface area (Å²) in [5.74, 6) is 1.69. The van der Waals surface area contributed by atoms with Crippen LogP contribution in [0.25, 0.3) is 0 Å². The van der Waals surface area contributed by atoms with Gasteiger partial charge in [0.2, 0.25) is 0 Å². The summed E-state index contributed by atoms with van der Waals surface area (Å²) in [5.41, 5.74) is 3.80. The number of allylic oxidation sites excluding steroid dienone is 2. The molecule has 170 valence electrons. The van der Waals surface area contributed by atoms with Gasteiger partial charge in [0.25, 0.3) is 0 Å². The van der Waals surface area contributed by atoms with Crippen LogP contribution in [-0.4, -0.2) is 54.9 Å². The molecule has 3 unspecified atom stereocenters. The van der Waals surface area contributed by atoms with Crippen LogP contribution in [0.15, 0.2) is 41.7 Å². The van der Waals surface area contributed by atoms with E-state index in [1.54, 1.807) is 0 Å². The second-order valence-corrected chi connectivity index (χ2v) is 10.1. The standard InChI is InChI=1S/C27H41N3O/c1-21-8-7-17-30(20-21)26-25(29-18-15-28-16-19-29)12-6-9-22(2)24(27(26)31)14-13-23-10-4-3-5-11-23/h3-5,10-11,21-22,24,28H,6-9,12-20H2,1-2H3/b26-25-. The number of carbonyl (C=O) groups is 1. The summed E-state index contributed by atoms with van der Waals surface area (Å²) >= 11 is 0. The van der Waals surface area contributed by atoms with Gasteiger partial charge in [0.15, 0.2) is 5.78 Å². The van der Waals surface area contributed by atoms with Crippen molar-refractivity contribution in [1.82, 2.24) is 15.1 Å². The Bertz CT molecular complexity index is 753. The zero-order valence-corrected chi connectivity index (χ0v) is 19.6. The summed E-state index contributed by atoms with van der Waals surface area (Å²) in [5, 5.41) is 3.49. The minimum Gasteiger partial charge on any atom is -0.371 e. The number of aryl methyl sites for hydroxylation is 1. The number of nitrogens with zero attached hydrogens (tertiary/aromatic N) is 2. The van der Waals surface area contributed by atoms with Gasteiger partial charge in [0.1, 0.15) is 5.70 Å². The SMILES string of the molecule is CC1CCCN(/C2=C(\N3CCNCC3)CCCC(C)C(CCc3ccccc3)C2=O)C1. The van der Waals surface area contributed by atoms with E-state index in [0.717, 1.165) is 70.6 Å². The molecule has 31 heavy (non-hydrogen) atoms. The summed E-state index contributed by atoms with van der Waals surface area (Å²) in [6.07, 6.45) is 7.86. The summed E-state index contributed by atoms with van der Waals surface area (Å²) < 4.78 is 0. The number of benzene rings is 1. The Morgan fingerprint density at radius 1 is 0.968 bits per heavy atom. The zero-order valence-electron chi connectivity index (χ0n) is 19.6. The van der Waals surface area contributed by atoms with Gasteiger partial charge in [-0.15, -0.1) is 0 Å². The van der Waals surface area contributed by atoms with Crippen molar-refractivity contribution in [1.29, 1.82) is 0 Å². The summed E-state index contributed by atoms with van der Waals surface area (Å²) in [7, 11) is 0. The summed E-state index contributed by atoms with van der Waals surface area (Å²) in [4.78, 5) is 19.3. The maximum Gasteiger partial charge on any atom is 0.184 e. The minimum absolute atomic E-state index is 0.130. The molecule has 0 bridgehead atoms. The van der Waals surface area contributed by atoms with Crippen LogP contribution in [0.4, 0.5) is 0 Å². The van der Waals surface area contributed by atoms with Gasteiger partial charge in [-0.3, -0.25) is 4.79 Å². The van der Waals surface area contributed by atoms with Crippen molar-refractivity contribution >= 4 is 5.78 Å². The lowest BCUT2D eigenvalue weighted by molar-refractivity contribution is -0.123. The van der Waals surface area contributed by atoms with Crippen LogP contribution in [0, 0.1) is 17.8 Å². The number of rotatable bonds is 5. The van der Waals surface area contributed by atoms with Crippen LogP contribution in [0.5, 0.6) is 0 Å². The maximum absolute atomic E-state index is 14.2. The molecule has 4 nitrogen and oxygen atoms in total. The molecule has 3 aliphatic rings. The highest BCUT2D eigenvalue weighted by Gasteiger charge is 2.36. The van der Waals surface area contributed by atoms with E-state index in [1.165, 1.54) is 30.5 Å². The van der Waals surface area contributed by atoms with Crippen LogP contribution in [0.2, 0.25) is 0 Å². The van der Waals surface area contributed by atoms with Gasteiger partial charge in [-0.05, 0) is 62.3 Å². The molecule has 0 radical (unpaired) electrons. The third-order valence-electron chi connectivity index (χ3n) is 7.66. The van der Waals surface area contributed by atoms with Gasteiger partial charge in [-0.25, -0.2) is 0 Å². The molecule has 0 spiro atoms. The first-order chi connectivity index (χ1) is 15.1. The first-order valence-electron chi connectivity index (χ1n) is 12.7. The van der Waals surface area contributed by atoms with Crippen LogP contribution in [0.1, 0.15) is 57.9 Å². The molecule has 4 heteroatoms. The van der Waals surface area contributed by atoms with E-state index in [4.69, 9.17) is 0 Å². The molecule has 2 saturated heterocycles. The third kappa shape index (κ3) is 5.52. The molecular weight excluding hydrogens is 382 g/mol. The fourth-order valence-corrected chi connectivity index (χ4v) is 5.84. The zero-order chi connectivity index (χ0) is 21.6. The van der Waals surface area contributed by atoms with E-state index in [9.17, 15) is 4.79 Å². The Labute approximate surface area is 189 Å². The van der Waals surface area contributed by atoms with Crippen molar-refractivity contribution in [3.63, 3.8) is 0 Å². The lowest BCUT2D eigenvalue weighted by Gasteiger charge is -2.42. The van der Waals surface area contributed by atoms with Crippen LogP contribution < -0.4 is 5.32 Å². The fraction of sp³-hybridized carbons (Fsp3) is 0.667. The predicted octanol–water partition coefficient (Wildman–Crippen LogP) is 4.47. The van der Waals surface area contributed by atoms with Gasteiger partial charge >= 0.3 is 0 Å². The number of ketones is 1. The summed E-state index contributed by atoms with van der Waals surface area (Å²) in [6, 6.07) is 10.7. The highest BCUT2D eigenvalue weighted by atomic mass is 16.1. The second-order valence-electron chi connectivity index (χ2n) is 10.1. The maximum atomic E-state index is 14.2. The van der Waals surface area contributed by atoms with Crippen molar-refractivity contribution in [2.24, 2.45) is 17.8 Å². The number of piperazine rings is 1. The van der Waals surface area contributed by atoms with Crippen molar-refractivity contribution in [2.45, 2.75) is 58.8 Å². The molecule has 2 aliphatic heterocycles. The van der Waals surface area contributed by atoms with Crippen LogP contribution >= 0.6 is 0 Å². The Morgan fingerprint density at radius 2 is 1.74 bits per heavy atom. The van der Waals surface area contributed by atoms with E-state index >= 15 is 0 Å². The van der Waals surface area contributed by atoms with E-state index < -0.39 is 0 Å². The first kappa shape index (κ1) is 22.4. The van der Waals surface area contributed by atoms with Gasteiger partial charge < -0.3 is 15.1 Å². The van der Waals surface area contributed by atoms with Crippen molar-refractivity contribution in [3.8, 4) is 0 Å². The van der Waals surface area contributed by atoms with Crippen molar-refractivity contribution in [3.05, 3.63) is 47.3 Å². The Balaban J connectivity index is 1.65. The average Bonchev–Trinajstić information content (AvgIpc) is 2.79. The molecule has 2 heterocycles. The molecule has 2 fully saturated rings. The third-order valence-corrected chi connectivity index (χ3v) is 7.66. The first-order valence-corrected chi connectivity index (χ1v) is 12.7. The topological polar surface area (TPSA) is 35.6 Å². The van der Waals surface area contributed by atoms with Gasteiger partial charge in [0.05, 0.1) is 0 Å². The van der Waals surface area contributed by atoms with Gasteiger partial charge in [-0.1, -0.05) is 44.2 Å². The van der Waals surface area contributed by atoms with Crippen LogP contribution in [0.3, 0.4) is 0 Å². The molecule has 0 saturated carbocycles. The monoisotopic (exact) mass is 423 g/mol. The number of piperidine rings is 1. The molecule has 1 aliphatic carbocycles. The normalized spacial score (nSPS) is 30.8. The van der Waals surface area contributed by atoms with E-state index in [1.807, 2.05) is 0 Å². The van der Waals surface area contributed by atoms with Crippen molar-refractivity contribution < 1.29 is 4.79 Å². The number of likely N-dealkylation sites (tertiary alicyclic amines) is 1. The van der Waals surface area contributed by atoms with Crippen molar-refractivity contribution in [2.75, 3.05) is 39.3 Å². The Kier molecular flexibility index (Phi) is 7.71. The molecule has 0 amide bonds. The highest BCUT2D eigenvalue weighted by Crippen LogP contribution is 2.35. The van der Waals surface area contributed by atoms with Crippen LogP contribution in [-0.2, 0) is 11.2 Å². The second kappa shape index (κ2) is 10.7. The van der Waals surface area contributed by atoms with E-state index in [2.05, 4.69) is 59.3 Å². The highest BCUT2D eigenvalue weighted by molar-refractivity contribution is 5.97. The molecule has 1 aromatic rings. The van der Waals surface area contributed by atoms with Gasteiger partial charge in [-0.2, -0.15) is 0 Å². The molecular formula is C27H41N3O. The van der Waals surface area contributed by atoms with E-state index in [-0.39, 0.29) is 5.92 Å². The quantitative estimate of drug-likeness (QED) is 0.758. The number of carbonyl (C=O) groups excluding carboxylic acids is 1. The smallest absolute Gasteiger partial charge is 0.184 e. The predicted molar refractivity (Wildman–Crippen MR) is 128 cm³/mol. The fourth-order valence-electron chi connectivity index (χ4n) is 5.84. The number of hydrogen-bond donors (Lipinski definition) is 1. The molecule has 3 atom stereocenters. The summed E-state index contributed by atoms with van der Waals surface area (Å²) in [6.45, 7) is 10.8. The Hall–Kier alpha value is -1.81.